The van der Waals surface area contributed by atoms with Gasteiger partial charge in [-0.2, -0.15) is 5.10 Å². The third-order valence-electron chi connectivity index (χ3n) is 1.44. The van der Waals surface area contributed by atoms with Crippen molar-refractivity contribution in [3.63, 3.8) is 0 Å². The lowest BCUT2D eigenvalue weighted by Crippen LogP contribution is -2.03. The average molecular weight is 149 g/mol. The van der Waals surface area contributed by atoms with E-state index in [2.05, 4.69) is 15.1 Å². The molecule has 0 bridgehead atoms. The van der Waals surface area contributed by atoms with E-state index in [9.17, 15) is 0 Å². The summed E-state index contributed by atoms with van der Waals surface area (Å²) in [7, 11) is 0. The van der Waals surface area contributed by atoms with Crippen molar-refractivity contribution < 1.29 is 0 Å². The van der Waals surface area contributed by atoms with E-state index < -0.39 is 0 Å². The summed E-state index contributed by atoms with van der Waals surface area (Å²) in [6, 6.07) is 0. The minimum atomic E-state index is 0.430. The van der Waals surface area contributed by atoms with Crippen LogP contribution in [0.4, 0.5) is 0 Å². The third-order valence-corrected chi connectivity index (χ3v) is 1.44. The number of imidazole rings is 1. The maximum Gasteiger partial charge on any atom is 0.250 e. The largest absolute Gasteiger partial charge is 0.325 e. The Morgan fingerprint density at radius 1 is 1.36 bits per heavy atom. The molecule has 0 aliphatic rings. The molecule has 0 amide bonds. The van der Waals surface area contributed by atoms with Gasteiger partial charge in [0.1, 0.15) is 0 Å². The monoisotopic (exact) mass is 149 g/mol. The summed E-state index contributed by atoms with van der Waals surface area (Å²) in [5.74, 6) is 0.591. The van der Waals surface area contributed by atoms with Crippen LogP contribution in [0.2, 0.25) is 0 Å². The molecule has 0 radical (unpaired) electrons. The molecule has 56 valence electrons. The lowest BCUT2D eigenvalue weighted by atomic mass is 10.5. The highest BCUT2D eigenvalue weighted by atomic mass is 15.3. The fourth-order valence-corrected chi connectivity index (χ4v) is 0.920. The van der Waals surface area contributed by atoms with Crippen LogP contribution in [0.1, 0.15) is 5.69 Å². The molecule has 5 nitrogen and oxygen atoms in total. The van der Waals surface area contributed by atoms with Gasteiger partial charge >= 0.3 is 0 Å². The van der Waals surface area contributed by atoms with Gasteiger partial charge in [-0.3, -0.25) is 0 Å². The van der Waals surface area contributed by atoms with E-state index in [4.69, 9.17) is 5.73 Å². The normalized spacial score (nSPS) is 10.6. The van der Waals surface area contributed by atoms with E-state index in [-0.39, 0.29) is 0 Å². The first-order valence-corrected chi connectivity index (χ1v) is 3.25. The Morgan fingerprint density at radius 2 is 2.27 bits per heavy atom. The average Bonchev–Trinajstić information content (AvgIpc) is 2.47. The smallest absolute Gasteiger partial charge is 0.250 e. The zero-order valence-corrected chi connectivity index (χ0v) is 5.81. The molecule has 0 saturated heterocycles. The minimum absolute atomic E-state index is 0.430. The van der Waals surface area contributed by atoms with Gasteiger partial charge in [0.05, 0.1) is 24.3 Å². The van der Waals surface area contributed by atoms with Crippen molar-refractivity contribution >= 4 is 5.78 Å². The van der Waals surface area contributed by atoms with Crippen LogP contribution in [0, 0.1) is 0 Å². The third kappa shape index (κ3) is 0.857. The minimum Gasteiger partial charge on any atom is -0.325 e. The van der Waals surface area contributed by atoms with Crippen molar-refractivity contribution in [1.82, 2.24) is 19.6 Å². The van der Waals surface area contributed by atoms with Crippen LogP contribution in [0.15, 0.2) is 18.6 Å². The first-order valence-electron chi connectivity index (χ1n) is 3.25. The summed E-state index contributed by atoms with van der Waals surface area (Å²) in [6.45, 7) is 0.430. The molecule has 11 heavy (non-hydrogen) atoms. The van der Waals surface area contributed by atoms with Gasteiger partial charge in [-0.05, 0) is 0 Å². The number of rotatable bonds is 1. The topological polar surface area (TPSA) is 69.1 Å². The fourth-order valence-electron chi connectivity index (χ4n) is 0.920. The van der Waals surface area contributed by atoms with E-state index in [1.807, 2.05) is 0 Å². The molecule has 0 atom stereocenters. The van der Waals surface area contributed by atoms with Gasteiger partial charge < -0.3 is 5.73 Å². The van der Waals surface area contributed by atoms with Crippen molar-refractivity contribution in [2.24, 2.45) is 5.73 Å². The molecule has 2 N–H and O–H groups in total. The SMILES string of the molecule is NCc1cnc2nccnn12. The maximum atomic E-state index is 5.43. The molecule has 2 heterocycles. The van der Waals surface area contributed by atoms with Crippen molar-refractivity contribution in [1.29, 1.82) is 0 Å². The lowest BCUT2D eigenvalue weighted by Gasteiger charge is -1.92. The highest BCUT2D eigenvalue weighted by Gasteiger charge is 2.00. The van der Waals surface area contributed by atoms with Crippen molar-refractivity contribution in [2.45, 2.75) is 6.54 Å². The van der Waals surface area contributed by atoms with E-state index in [0.29, 0.717) is 12.3 Å². The van der Waals surface area contributed by atoms with Gasteiger partial charge in [0.2, 0.25) is 0 Å². The van der Waals surface area contributed by atoms with Crippen LogP contribution in [-0.4, -0.2) is 19.6 Å². The predicted molar refractivity (Wildman–Crippen MR) is 38.7 cm³/mol. The molecule has 2 aromatic heterocycles. The Labute approximate surface area is 62.9 Å². The molecule has 0 spiro atoms. The number of fused-ring (bicyclic) bond motifs is 1. The van der Waals surface area contributed by atoms with Crippen molar-refractivity contribution in [2.75, 3.05) is 0 Å². The second-order valence-corrected chi connectivity index (χ2v) is 2.11. The molecule has 0 aliphatic heterocycles. The Kier molecular flexibility index (Phi) is 1.29. The highest BCUT2D eigenvalue weighted by Crippen LogP contribution is 1.98. The van der Waals surface area contributed by atoms with E-state index in [1.165, 1.54) is 0 Å². The Morgan fingerprint density at radius 3 is 3.09 bits per heavy atom. The van der Waals surface area contributed by atoms with E-state index >= 15 is 0 Å². The van der Waals surface area contributed by atoms with Crippen LogP contribution < -0.4 is 5.73 Å². The summed E-state index contributed by atoms with van der Waals surface area (Å²) >= 11 is 0. The molecule has 0 fully saturated rings. The molecular formula is C6H7N5. The molecule has 0 aliphatic carbocycles. The first kappa shape index (κ1) is 6.23. The van der Waals surface area contributed by atoms with Crippen molar-refractivity contribution in [3.8, 4) is 0 Å². The molecule has 0 aromatic carbocycles. The summed E-state index contributed by atoms with van der Waals surface area (Å²) in [5, 5.41) is 4.02. The van der Waals surface area contributed by atoms with Gasteiger partial charge in [0, 0.05) is 6.54 Å². The second-order valence-electron chi connectivity index (χ2n) is 2.11. The summed E-state index contributed by atoms with van der Waals surface area (Å²) < 4.78 is 1.62. The molecule has 2 rings (SSSR count). The zero-order valence-electron chi connectivity index (χ0n) is 5.81. The Balaban J connectivity index is 2.76. The Hall–Kier alpha value is -1.49. The Bertz CT molecular complexity index is 366. The van der Waals surface area contributed by atoms with Gasteiger partial charge in [0.15, 0.2) is 0 Å². The van der Waals surface area contributed by atoms with Gasteiger partial charge in [-0.15, -0.1) is 0 Å². The molecule has 0 unspecified atom stereocenters. The van der Waals surface area contributed by atoms with Crippen LogP contribution in [0.5, 0.6) is 0 Å². The number of nitrogens with two attached hydrogens (primary N) is 1. The van der Waals surface area contributed by atoms with Gasteiger partial charge in [0.25, 0.3) is 5.78 Å². The molecule has 5 heteroatoms. The molecular weight excluding hydrogens is 142 g/mol. The lowest BCUT2D eigenvalue weighted by molar-refractivity contribution is 0.827. The van der Waals surface area contributed by atoms with E-state index in [0.717, 1.165) is 5.69 Å². The van der Waals surface area contributed by atoms with Crippen LogP contribution >= 0.6 is 0 Å². The van der Waals surface area contributed by atoms with Gasteiger partial charge in [-0.25, -0.2) is 14.5 Å². The van der Waals surface area contributed by atoms with Crippen LogP contribution in [0.3, 0.4) is 0 Å². The standard InChI is InChI=1S/C6H7N5/c7-3-5-4-9-6-8-1-2-10-11(5)6/h1-2,4H,3,7H2. The fraction of sp³-hybridized carbons (Fsp3) is 0.167. The molecule has 2 aromatic rings. The van der Waals surface area contributed by atoms with Crippen molar-refractivity contribution in [3.05, 3.63) is 24.3 Å². The van der Waals surface area contributed by atoms with E-state index in [1.54, 1.807) is 23.1 Å². The summed E-state index contributed by atoms with van der Waals surface area (Å²) in [4.78, 5) is 7.98. The first-order chi connectivity index (χ1) is 5.42. The number of hydrogen-bond donors (Lipinski definition) is 1. The second kappa shape index (κ2) is 2.28. The van der Waals surface area contributed by atoms with Crippen LogP contribution in [0.25, 0.3) is 5.78 Å². The predicted octanol–water partition coefficient (Wildman–Crippen LogP) is -0.417. The summed E-state index contributed by atoms with van der Waals surface area (Å²) in [6.07, 6.45) is 4.88. The highest BCUT2D eigenvalue weighted by molar-refractivity contribution is 5.27. The number of aromatic nitrogens is 4. The maximum absolute atomic E-state index is 5.43. The number of hydrogen-bond acceptors (Lipinski definition) is 4. The quantitative estimate of drug-likeness (QED) is 0.598. The number of nitrogens with zero attached hydrogens (tertiary/aromatic N) is 4. The van der Waals surface area contributed by atoms with Crippen LogP contribution in [-0.2, 0) is 6.54 Å². The summed E-state index contributed by atoms with van der Waals surface area (Å²) in [5.41, 5.74) is 6.30. The van der Waals surface area contributed by atoms with Gasteiger partial charge in [-0.1, -0.05) is 0 Å². The molecule has 0 saturated carbocycles. The zero-order chi connectivity index (χ0) is 7.68.